The fourth-order valence-electron chi connectivity index (χ4n) is 1.99. The van der Waals surface area contributed by atoms with Crippen molar-refractivity contribution in [1.29, 1.82) is 0 Å². The average Bonchev–Trinajstić information content (AvgIpc) is 2.86. The third kappa shape index (κ3) is 3.11. The molecule has 0 aliphatic carbocycles. The number of anilines is 1. The molecule has 18 heavy (non-hydrogen) atoms. The highest BCUT2D eigenvalue weighted by atomic mass is 32.1. The fourth-order valence-corrected chi connectivity index (χ4v) is 2.50. The minimum Gasteiger partial charge on any atom is -0.471 e. The van der Waals surface area contributed by atoms with Gasteiger partial charge in [0.05, 0.1) is 17.8 Å². The lowest BCUT2D eigenvalue weighted by Crippen LogP contribution is -2.46. The van der Waals surface area contributed by atoms with Crippen LogP contribution < -0.4 is 9.64 Å². The van der Waals surface area contributed by atoms with E-state index < -0.39 is 0 Å². The predicted octanol–water partition coefficient (Wildman–Crippen LogP) is 1.86. The van der Waals surface area contributed by atoms with E-state index in [9.17, 15) is 0 Å². The first kappa shape index (κ1) is 13.5. The summed E-state index contributed by atoms with van der Waals surface area (Å²) in [6.07, 6.45) is 1.19. The number of ether oxygens (including phenoxy) is 1. The van der Waals surface area contributed by atoms with E-state index in [-0.39, 0.29) is 6.10 Å². The van der Waals surface area contributed by atoms with Gasteiger partial charge < -0.3 is 14.5 Å². The van der Waals surface area contributed by atoms with Gasteiger partial charge in [0.1, 0.15) is 0 Å². The lowest BCUT2D eigenvalue weighted by Gasteiger charge is -2.34. The van der Waals surface area contributed by atoms with E-state index in [1.165, 1.54) is 11.7 Å². The van der Waals surface area contributed by atoms with Gasteiger partial charge in [-0.25, -0.2) is 0 Å². The Kier molecular flexibility index (Phi) is 4.77. The number of nitrogens with zero attached hydrogens (tertiary/aromatic N) is 4. The molecule has 0 bridgehead atoms. The van der Waals surface area contributed by atoms with Crippen molar-refractivity contribution >= 4 is 17.5 Å². The maximum absolute atomic E-state index is 5.82. The SMILES string of the molecule is CCC(C)Oc1nsnc1N1CCN(CC)CC1. The zero-order valence-corrected chi connectivity index (χ0v) is 12.2. The van der Waals surface area contributed by atoms with Gasteiger partial charge in [0, 0.05) is 26.2 Å². The second kappa shape index (κ2) is 6.33. The number of rotatable bonds is 5. The Hall–Kier alpha value is -0.880. The summed E-state index contributed by atoms with van der Waals surface area (Å²) in [5.74, 6) is 1.63. The smallest absolute Gasteiger partial charge is 0.271 e. The van der Waals surface area contributed by atoms with E-state index in [2.05, 4.69) is 39.3 Å². The van der Waals surface area contributed by atoms with Crippen molar-refractivity contribution in [2.24, 2.45) is 0 Å². The molecule has 1 fully saturated rings. The van der Waals surface area contributed by atoms with Gasteiger partial charge in [0.2, 0.25) is 5.82 Å². The van der Waals surface area contributed by atoms with Crippen LogP contribution in [0, 0.1) is 0 Å². The van der Waals surface area contributed by atoms with Crippen LogP contribution in [0.5, 0.6) is 5.88 Å². The molecule has 2 heterocycles. The van der Waals surface area contributed by atoms with Crippen LogP contribution in [0.4, 0.5) is 5.82 Å². The van der Waals surface area contributed by atoms with Gasteiger partial charge in [-0.15, -0.1) is 4.37 Å². The predicted molar refractivity (Wildman–Crippen MR) is 74.6 cm³/mol. The topological polar surface area (TPSA) is 41.5 Å². The summed E-state index contributed by atoms with van der Waals surface area (Å²) in [7, 11) is 0. The van der Waals surface area contributed by atoms with E-state index in [0.29, 0.717) is 5.88 Å². The highest BCUT2D eigenvalue weighted by molar-refractivity contribution is 6.99. The first-order chi connectivity index (χ1) is 8.74. The Morgan fingerprint density at radius 3 is 2.56 bits per heavy atom. The van der Waals surface area contributed by atoms with Crippen molar-refractivity contribution in [2.45, 2.75) is 33.3 Å². The summed E-state index contributed by atoms with van der Waals surface area (Å²) in [4.78, 5) is 4.73. The van der Waals surface area contributed by atoms with Gasteiger partial charge in [0.25, 0.3) is 5.88 Å². The second-order valence-electron chi connectivity index (χ2n) is 4.65. The Balaban J connectivity index is 1.99. The zero-order valence-electron chi connectivity index (χ0n) is 11.4. The van der Waals surface area contributed by atoms with Gasteiger partial charge >= 0.3 is 0 Å². The zero-order chi connectivity index (χ0) is 13.0. The third-order valence-electron chi connectivity index (χ3n) is 3.45. The third-order valence-corrected chi connectivity index (χ3v) is 3.95. The molecular weight excluding hydrogens is 248 g/mol. The number of aromatic nitrogens is 2. The molecule has 2 rings (SSSR count). The Morgan fingerprint density at radius 1 is 1.22 bits per heavy atom. The maximum atomic E-state index is 5.82. The minimum atomic E-state index is 0.199. The van der Waals surface area contributed by atoms with Gasteiger partial charge in [0.15, 0.2) is 0 Å². The van der Waals surface area contributed by atoms with E-state index >= 15 is 0 Å². The van der Waals surface area contributed by atoms with Crippen LogP contribution in [0.15, 0.2) is 0 Å². The van der Waals surface area contributed by atoms with Gasteiger partial charge in [-0.3, -0.25) is 0 Å². The largest absolute Gasteiger partial charge is 0.471 e. The number of hydrogen-bond donors (Lipinski definition) is 0. The van der Waals surface area contributed by atoms with Crippen molar-refractivity contribution in [2.75, 3.05) is 37.6 Å². The molecule has 0 spiro atoms. The molecule has 1 aromatic heterocycles. The molecule has 5 nitrogen and oxygen atoms in total. The molecule has 1 unspecified atom stereocenters. The van der Waals surface area contributed by atoms with Crippen molar-refractivity contribution in [3.63, 3.8) is 0 Å². The molecule has 1 aromatic rings. The first-order valence-electron chi connectivity index (χ1n) is 6.71. The van der Waals surface area contributed by atoms with Crippen LogP contribution >= 0.6 is 11.7 Å². The lowest BCUT2D eigenvalue weighted by atomic mass is 10.3. The summed E-state index contributed by atoms with van der Waals surface area (Å²) in [6.45, 7) is 11.7. The van der Waals surface area contributed by atoms with E-state index in [0.717, 1.165) is 45.0 Å². The van der Waals surface area contributed by atoms with Gasteiger partial charge in [-0.05, 0) is 19.9 Å². The molecule has 0 N–H and O–H groups in total. The summed E-state index contributed by atoms with van der Waals surface area (Å²) < 4.78 is 14.5. The lowest BCUT2D eigenvalue weighted by molar-refractivity contribution is 0.209. The van der Waals surface area contributed by atoms with Gasteiger partial charge in [-0.2, -0.15) is 4.37 Å². The van der Waals surface area contributed by atoms with Crippen molar-refractivity contribution in [1.82, 2.24) is 13.6 Å². The fraction of sp³-hybridized carbons (Fsp3) is 0.833. The second-order valence-corrected chi connectivity index (χ2v) is 5.18. The first-order valence-corrected chi connectivity index (χ1v) is 7.44. The minimum absolute atomic E-state index is 0.199. The van der Waals surface area contributed by atoms with E-state index in [1.807, 2.05) is 0 Å². The monoisotopic (exact) mass is 270 g/mol. The molecular formula is C12H22N4OS. The molecule has 1 saturated heterocycles. The van der Waals surface area contributed by atoms with Crippen molar-refractivity contribution < 1.29 is 4.74 Å². The maximum Gasteiger partial charge on any atom is 0.271 e. The number of hydrogen-bond acceptors (Lipinski definition) is 6. The Bertz CT molecular complexity index is 363. The van der Waals surface area contributed by atoms with Crippen LogP contribution in [0.25, 0.3) is 0 Å². The highest BCUT2D eigenvalue weighted by Gasteiger charge is 2.22. The highest BCUT2D eigenvalue weighted by Crippen LogP contribution is 2.27. The molecule has 1 aliphatic rings. The normalized spacial score (nSPS) is 18.9. The van der Waals surface area contributed by atoms with Crippen LogP contribution in [-0.4, -0.2) is 52.5 Å². The molecule has 0 aromatic carbocycles. The van der Waals surface area contributed by atoms with E-state index in [4.69, 9.17) is 4.74 Å². The van der Waals surface area contributed by atoms with Crippen LogP contribution in [0.2, 0.25) is 0 Å². The summed E-state index contributed by atoms with van der Waals surface area (Å²) in [5, 5.41) is 0. The molecule has 0 amide bonds. The van der Waals surface area contributed by atoms with Crippen molar-refractivity contribution in [3.8, 4) is 5.88 Å². The number of likely N-dealkylation sites (N-methyl/N-ethyl adjacent to an activating group) is 1. The molecule has 0 radical (unpaired) electrons. The van der Waals surface area contributed by atoms with Crippen LogP contribution in [-0.2, 0) is 0 Å². The molecule has 1 aliphatic heterocycles. The summed E-state index contributed by atoms with van der Waals surface area (Å²) in [6, 6.07) is 0. The summed E-state index contributed by atoms with van der Waals surface area (Å²) in [5.41, 5.74) is 0. The van der Waals surface area contributed by atoms with E-state index in [1.54, 1.807) is 0 Å². The van der Waals surface area contributed by atoms with Gasteiger partial charge in [-0.1, -0.05) is 13.8 Å². The molecule has 1 atom stereocenters. The Morgan fingerprint density at radius 2 is 1.94 bits per heavy atom. The average molecular weight is 270 g/mol. The molecule has 0 saturated carbocycles. The molecule has 102 valence electrons. The van der Waals surface area contributed by atoms with Crippen molar-refractivity contribution in [3.05, 3.63) is 0 Å². The Labute approximate surface area is 113 Å². The quantitative estimate of drug-likeness (QED) is 0.817. The number of piperazine rings is 1. The standard InChI is InChI=1S/C12H22N4OS/c1-4-10(3)17-12-11(13-18-14-12)16-8-6-15(5-2)7-9-16/h10H,4-9H2,1-3H3. The van der Waals surface area contributed by atoms with Crippen LogP contribution in [0.3, 0.4) is 0 Å². The summed E-state index contributed by atoms with van der Waals surface area (Å²) >= 11 is 1.24. The molecule has 6 heteroatoms. The van der Waals surface area contributed by atoms with Crippen LogP contribution in [0.1, 0.15) is 27.2 Å².